The third-order valence-electron chi connectivity index (χ3n) is 4.40. The first-order valence-corrected chi connectivity index (χ1v) is 8.42. The zero-order valence-corrected chi connectivity index (χ0v) is 13.9. The van der Waals surface area contributed by atoms with Gasteiger partial charge in [-0.3, -0.25) is 4.79 Å². The second kappa shape index (κ2) is 7.82. The predicted molar refractivity (Wildman–Crippen MR) is 96.1 cm³/mol. The Labute approximate surface area is 143 Å². The Hall–Kier alpha value is -2.55. The Bertz CT molecular complexity index is 696. The number of hydrogen-bond acceptors (Lipinski definition) is 2. The molecule has 2 aromatic carbocycles. The van der Waals surface area contributed by atoms with Crippen LogP contribution < -0.4 is 4.74 Å². The highest BCUT2D eigenvalue weighted by molar-refractivity contribution is 5.80. The molecule has 1 heterocycles. The van der Waals surface area contributed by atoms with Crippen molar-refractivity contribution in [3.05, 3.63) is 78.4 Å². The molecule has 124 valence electrons. The summed E-state index contributed by atoms with van der Waals surface area (Å²) in [5.74, 6) is 0.942. The van der Waals surface area contributed by atoms with Crippen molar-refractivity contribution >= 4 is 5.91 Å². The lowest BCUT2D eigenvalue weighted by Gasteiger charge is -2.30. The Morgan fingerprint density at radius 2 is 1.92 bits per heavy atom. The van der Waals surface area contributed by atoms with E-state index in [1.54, 1.807) is 6.08 Å². The number of benzene rings is 2. The summed E-state index contributed by atoms with van der Waals surface area (Å²) >= 11 is 0. The van der Waals surface area contributed by atoms with Gasteiger partial charge in [0.25, 0.3) is 0 Å². The highest BCUT2D eigenvalue weighted by Gasteiger charge is 2.28. The van der Waals surface area contributed by atoms with Gasteiger partial charge >= 0.3 is 0 Å². The topological polar surface area (TPSA) is 29.5 Å². The van der Waals surface area contributed by atoms with Crippen LogP contribution >= 0.6 is 0 Å². The Morgan fingerprint density at radius 1 is 1.17 bits per heavy atom. The van der Waals surface area contributed by atoms with Gasteiger partial charge in [-0.1, -0.05) is 54.6 Å². The number of para-hydroxylation sites is 1. The lowest BCUT2D eigenvalue weighted by atomic mass is 9.95. The molecule has 1 aliphatic rings. The van der Waals surface area contributed by atoms with E-state index in [2.05, 4.69) is 18.7 Å². The zero-order chi connectivity index (χ0) is 16.8. The Balaban J connectivity index is 1.65. The third-order valence-corrected chi connectivity index (χ3v) is 4.40. The molecule has 0 fully saturated rings. The predicted octanol–water partition coefficient (Wildman–Crippen LogP) is 3.50. The van der Waals surface area contributed by atoms with E-state index in [1.807, 2.05) is 47.4 Å². The third kappa shape index (κ3) is 3.85. The van der Waals surface area contributed by atoms with Gasteiger partial charge < -0.3 is 9.64 Å². The van der Waals surface area contributed by atoms with Gasteiger partial charge in [0, 0.05) is 13.1 Å². The standard InChI is InChI=1S/C21H23NO2/c1-2-13-22(14-12-17-8-4-3-5-9-17)21(23)19-15-18-10-6-7-11-20(18)24-16-19/h2-11,19H,1,12-16H2. The zero-order valence-electron chi connectivity index (χ0n) is 13.9. The molecule has 1 atom stereocenters. The van der Waals surface area contributed by atoms with E-state index in [1.165, 1.54) is 5.56 Å². The van der Waals surface area contributed by atoms with Crippen LogP contribution in [0.4, 0.5) is 0 Å². The fraction of sp³-hybridized carbons (Fsp3) is 0.286. The first-order valence-electron chi connectivity index (χ1n) is 8.42. The molecule has 0 radical (unpaired) electrons. The minimum absolute atomic E-state index is 0.115. The molecular formula is C21H23NO2. The molecule has 3 nitrogen and oxygen atoms in total. The van der Waals surface area contributed by atoms with Gasteiger partial charge in [-0.15, -0.1) is 6.58 Å². The summed E-state index contributed by atoms with van der Waals surface area (Å²) in [6.45, 7) is 5.52. The summed E-state index contributed by atoms with van der Waals surface area (Å²) in [6.07, 6.45) is 3.39. The number of rotatable bonds is 6. The molecule has 0 aliphatic carbocycles. The van der Waals surface area contributed by atoms with Gasteiger partial charge in [-0.05, 0) is 30.0 Å². The largest absolute Gasteiger partial charge is 0.492 e. The average molecular weight is 321 g/mol. The van der Waals surface area contributed by atoms with Gasteiger partial charge in [0.2, 0.25) is 5.91 Å². The van der Waals surface area contributed by atoms with Gasteiger partial charge in [-0.25, -0.2) is 0 Å². The van der Waals surface area contributed by atoms with Gasteiger partial charge in [0.15, 0.2) is 0 Å². The summed E-state index contributed by atoms with van der Waals surface area (Å²) in [4.78, 5) is 14.8. The van der Waals surface area contributed by atoms with Crippen LogP contribution in [0.25, 0.3) is 0 Å². The lowest BCUT2D eigenvalue weighted by molar-refractivity contribution is -0.136. The lowest BCUT2D eigenvalue weighted by Crippen LogP contribution is -2.41. The maximum Gasteiger partial charge on any atom is 0.229 e. The molecule has 2 aromatic rings. The monoisotopic (exact) mass is 321 g/mol. The average Bonchev–Trinajstić information content (AvgIpc) is 2.65. The highest BCUT2D eigenvalue weighted by Crippen LogP contribution is 2.27. The summed E-state index contributed by atoms with van der Waals surface area (Å²) in [7, 11) is 0. The van der Waals surface area contributed by atoms with E-state index >= 15 is 0 Å². The Kier molecular flexibility index (Phi) is 5.32. The van der Waals surface area contributed by atoms with E-state index in [0.717, 1.165) is 24.2 Å². The first-order chi connectivity index (χ1) is 11.8. The van der Waals surface area contributed by atoms with Crippen LogP contribution in [0, 0.1) is 5.92 Å². The van der Waals surface area contributed by atoms with E-state index in [9.17, 15) is 4.79 Å². The molecule has 3 rings (SSSR count). The van der Waals surface area contributed by atoms with Crippen LogP contribution in [0.2, 0.25) is 0 Å². The quantitative estimate of drug-likeness (QED) is 0.762. The maximum atomic E-state index is 12.9. The number of fused-ring (bicyclic) bond motifs is 1. The molecule has 0 bridgehead atoms. The number of nitrogens with zero attached hydrogens (tertiary/aromatic N) is 1. The second-order valence-corrected chi connectivity index (χ2v) is 6.13. The summed E-state index contributed by atoms with van der Waals surface area (Å²) in [6, 6.07) is 18.2. The molecule has 0 saturated carbocycles. The molecule has 0 N–H and O–H groups in total. The molecular weight excluding hydrogens is 298 g/mol. The van der Waals surface area contributed by atoms with Crippen molar-refractivity contribution in [3.63, 3.8) is 0 Å². The van der Waals surface area contributed by atoms with Crippen LogP contribution in [0.5, 0.6) is 5.75 Å². The van der Waals surface area contributed by atoms with Crippen LogP contribution in [-0.4, -0.2) is 30.5 Å². The molecule has 3 heteroatoms. The van der Waals surface area contributed by atoms with Crippen molar-refractivity contribution < 1.29 is 9.53 Å². The molecule has 0 spiro atoms. The van der Waals surface area contributed by atoms with Crippen molar-refractivity contribution in [2.45, 2.75) is 12.8 Å². The summed E-state index contributed by atoms with van der Waals surface area (Å²) < 4.78 is 5.77. The van der Waals surface area contributed by atoms with Crippen molar-refractivity contribution in [3.8, 4) is 5.75 Å². The fourth-order valence-electron chi connectivity index (χ4n) is 3.10. The van der Waals surface area contributed by atoms with Gasteiger partial charge in [0.1, 0.15) is 12.4 Å². The molecule has 1 aliphatic heterocycles. The molecule has 0 aromatic heterocycles. The molecule has 24 heavy (non-hydrogen) atoms. The first kappa shape index (κ1) is 16.3. The SMILES string of the molecule is C=CCN(CCc1ccccc1)C(=O)C1COc2ccccc2C1. The smallest absolute Gasteiger partial charge is 0.229 e. The maximum absolute atomic E-state index is 12.9. The molecule has 1 amide bonds. The fourth-order valence-corrected chi connectivity index (χ4v) is 3.10. The molecule has 0 saturated heterocycles. The van der Waals surface area contributed by atoms with Crippen molar-refractivity contribution in [2.75, 3.05) is 19.7 Å². The van der Waals surface area contributed by atoms with Crippen molar-refractivity contribution in [2.24, 2.45) is 5.92 Å². The molecule has 1 unspecified atom stereocenters. The second-order valence-electron chi connectivity index (χ2n) is 6.13. The number of hydrogen-bond donors (Lipinski definition) is 0. The van der Waals surface area contributed by atoms with Crippen molar-refractivity contribution in [1.82, 2.24) is 4.90 Å². The Morgan fingerprint density at radius 3 is 2.71 bits per heavy atom. The number of ether oxygens (including phenoxy) is 1. The van der Waals surface area contributed by atoms with Gasteiger partial charge in [0.05, 0.1) is 5.92 Å². The van der Waals surface area contributed by atoms with E-state index < -0.39 is 0 Å². The summed E-state index contributed by atoms with van der Waals surface area (Å²) in [5.41, 5.74) is 2.35. The minimum atomic E-state index is -0.115. The normalized spacial score (nSPS) is 15.9. The van der Waals surface area contributed by atoms with Crippen LogP contribution in [0.15, 0.2) is 67.3 Å². The highest BCUT2D eigenvalue weighted by atomic mass is 16.5. The number of carbonyl (C=O) groups is 1. The van der Waals surface area contributed by atoms with Gasteiger partial charge in [-0.2, -0.15) is 0 Å². The van der Waals surface area contributed by atoms with E-state index in [-0.39, 0.29) is 11.8 Å². The van der Waals surface area contributed by atoms with Crippen LogP contribution in [0.1, 0.15) is 11.1 Å². The van der Waals surface area contributed by atoms with Crippen LogP contribution in [-0.2, 0) is 17.6 Å². The van der Waals surface area contributed by atoms with Crippen LogP contribution in [0.3, 0.4) is 0 Å². The van der Waals surface area contributed by atoms with E-state index in [0.29, 0.717) is 19.7 Å². The number of amides is 1. The van der Waals surface area contributed by atoms with E-state index in [4.69, 9.17) is 4.74 Å². The summed E-state index contributed by atoms with van der Waals surface area (Å²) in [5, 5.41) is 0. The van der Waals surface area contributed by atoms with Crippen molar-refractivity contribution in [1.29, 1.82) is 0 Å². The number of carbonyl (C=O) groups excluding carboxylic acids is 1. The minimum Gasteiger partial charge on any atom is -0.492 e.